The van der Waals surface area contributed by atoms with E-state index >= 15 is 0 Å². The molecule has 0 saturated heterocycles. The first kappa shape index (κ1) is 16.2. The molecule has 0 N–H and O–H groups in total. The average molecular weight is 338 g/mol. The van der Waals surface area contributed by atoms with Crippen LogP contribution >= 0.6 is 11.3 Å². The molecule has 0 fully saturated rings. The van der Waals surface area contributed by atoms with Gasteiger partial charge in [0.1, 0.15) is 5.75 Å². The Morgan fingerprint density at radius 2 is 2.00 bits per heavy atom. The fourth-order valence-electron chi connectivity index (χ4n) is 2.50. The highest BCUT2D eigenvalue weighted by Crippen LogP contribution is 2.22. The maximum Gasteiger partial charge on any atom is 0.256 e. The number of nitrogens with zero attached hydrogens (tertiary/aromatic N) is 2. The first-order valence-electron chi connectivity index (χ1n) is 7.61. The molecule has 3 aromatic rings. The van der Waals surface area contributed by atoms with E-state index in [1.165, 1.54) is 0 Å². The molecular formula is C19H18N2O2S. The minimum atomic E-state index is -0.0394. The van der Waals surface area contributed by atoms with Gasteiger partial charge in [-0.3, -0.25) is 9.78 Å². The summed E-state index contributed by atoms with van der Waals surface area (Å²) in [5, 5.41) is 2.02. The van der Waals surface area contributed by atoms with E-state index in [9.17, 15) is 4.79 Å². The maximum absolute atomic E-state index is 12.9. The molecule has 0 aliphatic heterocycles. The minimum absolute atomic E-state index is 0.0394. The normalized spacial score (nSPS) is 10.4. The quantitative estimate of drug-likeness (QED) is 0.682. The lowest BCUT2D eigenvalue weighted by molar-refractivity contribution is 0.0730. The van der Waals surface area contributed by atoms with Crippen LogP contribution in [0.15, 0.2) is 66.3 Å². The highest BCUT2D eigenvalue weighted by Gasteiger charge is 2.18. The number of methoxy groups -OCH3 is 1. The molecule has 4 nitrogen and oxygen atoms in total. The molecule has 0 saturated carbocycles. The predicted octanol–water partition coefficient (Wildman–Crippen LogP) is 3.99. The Morgan fingerprint density at radius 3 is 2.71 bits per heavy atom. The number of carbonyl (C=O) groups is 1. The Hall–Kier alpha value is -2.66. The van der Waals surface area contributed by atoms with Gasteiger partial charge in [-0.15, -0.1) is 11.3 Å². The molecule has 1 aromatic carbocycles. The van der Waals surface area contributed by atoms with Crippen molar-refractivity contribution < 1.29 is 9.53 Å². The summed E-state index contributed by atoms with van der Waals surface area (Å²) in [5.41, 5.74) is 1.57. The number of benzene rings is 1. The number of para-hydroxylation sites is 1. The predicted molar refractivity (Wildman–Crippen MR) is 95.1 cm³/mol. The van der Waals surface area contributed by atoms with Crippen LogP contribution in [0.1, 0.15) is 20.8 Å². The summed E-state index contributed by atoms with van der Waals surface area (Å²) >= 11 is 1.64. The average Bonchev–Trinajstić information content (AvgIpc) is 3.15. The second-order valence-electron chi connectivity index (χ2n) is 5.29. The fourth-order valence-corrected chi connectivity index (χ4v) is 3.22. The van der Waals surface area contributed by atoms with Crippen molar-refractivity contribution in [2.45, 2.75) is 13.1 Å². The van der Waals surface area contributed by atoms with Crippen molar-refractivity contribution in [3.63, 3.8) is 0 Å². The molecule has 0 atom stereocenters. The van der Waals surface area contributed by atoms with E-state index in [2.05, 4.69) is 4.98 Å². The summed E-state index contributed by atoms with van der Waals surface area (Å²) < 4.78 is 5.42. The van der Waals surface area contributed by atoms with Gasteiger partial charge in [0.2, 0.25) is 0 Å². The largest absolute Gasteiger partial charge is 0.496 e. The first-order chi connectivity index (χ1) is 11.8. The molecule has 0 radical (unpaired) electrons. The summed E-state index contributed by atoms with van der Waals surface area (Å²) in [5.74, 6) is 0.745. The van der Waals surface area contributed by atoms with Gasteiger partial charge in [0, 0.05) is 22.8 Å². The van der Waals surface area contributed by atoms with Gasteiger partial charge in [0.25, 0.3) is 5.91 Å². The molecule has 1 amide bonds. The monoisotopic (exact) mass is 338 g/mol. The molecule has 0 aliphatic rings. The second kappa shape index (κ2) is 7.75. The lowest BCUT2D eigenvalue weighted by Gasteiger charge is -2.23. The van der Waals surface area contributed by atoms with E-state index in [4.69, 9.17) is 4.74 Å². The lowest BCUT2D eigenvalue weighted by Crippen LogP contribution is -2.30. The highest BCUT2D eigenvalue weighted by atomic mass is 32.1. The minimum Gasteiger partial charge on any atom is -0.496 e. The van der Waals surface area contributed by atoms with Crippen LogP contribution in [0.5, 0.6) is 5.75 Å². The molecule has 122 valence electrons. The first-order valence-corrected chi connectivity index (χ1v) is 8.49. The van der Waals surface area contributed by atoms with Crippen LogP contribution in [-0.4, -0.2) is 22.9 Å². The number of aromatic nitrogens is 1. The molecule has 24 heavy (non-hydrogen) atoms. The Bertz CT molecular complexity index is 788. The van der Waals surface area contributed by atoms with Crippen LogP contribution < -0.4 is 4.74 Å². The van der Waals surface area contributed by atoms with Crippen molar-refractivity contribution in [1.29, 1.82) is 0 Å². The van der Waals surface area contributed by atoms with Crippen molar-refractivity contribution in [3.05, 3.63) is 82.3 Å². The van der Waals surface area contributed by atoms with Crippen LogP contribution in [0.4, 0.5) is 0 Å². The summed E-state index contributed by atoms with van der Waals surface area (Å²) in [4.78, 5) is 19.9. The number of amides is 1. The zero-order valence-electron chi connectivity index (χ0n) is 13.4. The van der Waals surface area contributed by atoms with E-state index in [0.717, 1.165) is 16.2 Å². The van der Waals surface area contributed by atoms with Crippen LogP contribution in [0.3, 0.4) is 0 Å². The molecule has 0 spiro atoms. The van der Waals surface area contributed by atoms with Gasteiger partial charge in [-0.1, -0.05) is 24.3 Å². The summed E-state index contributed by atoms with van der Waals surface area (Å²) in [6, 6.07) is 15.4. The molecule has 0 aliphatic carbocycles. The van der Waals surface area contributed by atoms with Gasteiger partial charge in [-0.05, 0) is 29.6 Å². The van der Waals surface area contributed by atoms with Crippen molar-refractivity contribution >= 4 is 17.2 Å². The van der Waals surface area contributed by atoms with Gasteiger partial charge in [0.05, 0.1) is 25.8 Å². The highest BCUT2D eigenvalue weighted by molar-refractivity contribution is 7.09. The number of thiophene rings is 1. The zero-order valence-corrected chi connectivity index (χ0v) is 14.2. The van der Waals surface area contributed by atoms with E-state index in [0.29, 0.717) is 18.7 Å². The fraction of sp³-hybridized carbons (Fsp3) is 0.158. The summed E-state index contributed by atoms with van der Waals surface area (Å²) in [6.45, 7) is 1.04. The topological polar surface area (TPSA) is 42.4 Å². The Kier molecular flexibility index (Phi) is 5.23. The third-order valence-corrected chi connectivity index (χ3v) is 4.54. The molecule has 3 rings (SSSR count). The number of hydrogen-bond donors (Lipinski definition) is 0. The van der Waals surface area contributed by atoms with Crippen molar-refractivity contribution in [1.82, 2.24) is 9.88 Å². The van der Waals surface area contributed by atoms with Gasteiger partial charge >= 0.3 is 0 Å². The second-order valence-corrected chi connectivity index (χ2v) is 6.33. The molecule has 5 heteroatoms. The summed E-state index contributed by atoms with van der Waals surface area (Å²) in [7, 11) is 1.64. The molecule has 0 bridgehead atoms. The van der Waals surface area contributed by atoms with E-state index in [1.807, 2.05) is 46.7 Å². The Morgan fingerprint density at radius 1 is 1.12 bits per heavy atom. The van der Waals surface area contributed by atoms with Crippen molar-refractivity contribution in [2.75, 3.05) is 7.11 Å². The Labute approximate surface area is 145 Å². The number of pyridine rings is 1. The molecule has 0 unspecified atom stereocenters. The van der Waals surface area contributed by atoms with Crippen molar-refractivity contribution in [3.8, 4) is 5.75 Å². The Balaban J connectivity index is 1.88. The third-order valence-electron chi connectivity index (χ3n) is 3.68. The van der Waals surface area contributed by atoms with Crippen LogP contribution in [0.2, 0.25) is 0 Å². The number of rotatable bonds is 6. The third kappa shape index (κ3) is 3.81. The van der Waals surface area contributed by atoms with E-state index in [1.54, 1.807) is 43.0 Å². The van der Waals surface area contributed by atoms with Crippen LogP contribution in [0.25, 0.3) is 0 Å². The molecular weight excluding hydrogens is 320 g/mol. The maximum atomic E-state index is 12.9. The van der Waals surface area contributed by atoms with E-state index < -0.39 is 0 Å². The summed E-state index contributed by atoms with van der Waals surface area (Å²) in [6.07, 6.45) is 3.27. The zero-order chi connectivity index (χ0) is 16.8. The SMILES string of the molecule is COc1ccccc1CN(Cc1cccs1)C(=O)c1cccnc1. The number of hydrogen-bond acceptors (Lipinski definition) is 4. The van der Waals surface area contributed by atoms with Gasteiger partial charge in [0.15, 0.2) is 0 Å². The van der Waals surface area contributed by atoms with Gasteiger partial charge in [-0.2, -0.15) is 0 Å². The smallest absolute Gasteiger partial charge is 0.256 e. The van der Waals surface area contributed by atoms with Crippen LogP contribution in [-0.2, 0) is 13.1 Å². The number of ether oxygens (including phenoxy) is 1. The molecule has 2 aromatic heterocycles. The molecule has 2 heterocycles. The standard InChI is InChI=1S/C19H18N2O2S/c1-23-18-9-3-2-6-16(18)13-21(14-17-8-5-11-24-17)19(22)15-7-4-10-20-12-15/h2-12H,13-14H2,1H3. The lowest BCUT2D eigenvalue weighted by atomic mass is 10.1. The van der Waals surface area contributed by atoms with Crippen molar-refractivity contribution in [2.24, 2.45) is 0 Å². The van der Waals surface area contributed by atoms with Crippen LogP contribution in [0, 0.1) is 0 Å². The number of carbonyl (C=O) groups excluding carboxylic acids is 1. The van der Waals surface area contributed by atoms with Gasteiger partial charge in [-0.25, -0.2) is 0 Å². The van der Waals surface area contributed by atoms with Gasteiger partial charge < -0.3 is 9.64 Å². The van der Waals surface area contributed by atoms with E-state index in [-0.39, 0.29) is 5.91 Å².